The van der Waals surface area contributed by atoms with Crippen LogP contribution in [-0.2, 0) is 9.53 Å². The average Bonchev–Trinajstić information content (AvgIpc) is 3.03. The molecule has 8 atom stereocenters. The second kappa shape index (κ2) is 7.95. The summed E-state index contributed by atoms with van der Waals surface area (Å²) >= 11 is 0. The molecule has 0 spiro atoms. The molecule has 0 saturated heterocycles. The molecule has 4 rings (SSSR count). The Hall–Kier alpha value is -0.530. The summed E-state index contributed by atoms with van der Waals surface area (Å²) < 4.78 is 4.86. The van der Waals surface area contributed by atoms with Crippen molar-refractivity contribution in [2.24, 2.45) is 46.3 Å². The maximum atomic E-state index is 11.6. The molecule has 28 heavy (non-hydrogen) atoms. The zero-order valence-electron chi connectivity index (χ0n) is 19.0. The van der Waals surface area contributed by atoms with Crippen LogP contribution in [0.2, 0.25) is 0 Å². The van der Waals surface area contributed by atoms with Crippen molar-refractivity contribution in [1.82, 2.24) is 0 Å². The maximum Gasteiger partial charge on any atom is 0.305 e. The van der Waals surface area contributed by atoms with E-state index in [1.807, 2.05) is 0 Å². The van der Waals surface area contributed by atoms with E-state index in [4.69, 9.17) is 4.74 Å². The molecule has 0 amide bonds. The average molecular weight is 389 g/mol. The Bertz CT molecular complexity index is 571. The number of ether oxygens (including phenoxy) is 1. The van der Waals surface area contributed by atoms with Crippen molar-refractivity contribution in [2.75, 3.05) is 7.11 Å². The van der Waals surface area contributed by atoms with Crippen LogP contribution in [0.3, 0.4) is 0 Å². The standard InChI is InChI=1S/C26H44O2/c1-5-18-17-20-22-13-12-19(9-8-11-24(27)28-4)25(22,2)16-14-23(20)26(3)15-7-6-10-21(18)26/h18-23H,5-17H2,1-4H3/t18-,19?,20?,21?,22?,23-,25?,26?/m0/s1. The Labute approximate surface area is 173 Å². The van der Waals surface area contributed by atoms with E-state index < -0.39 is 0 Å². The van der Waals surface area contributed by atoms with Gasteiger partial charge >= 0.3 is 5.97 Å². The van der Waals surface area contributed by atoms with Crippen molar-refractivity contribution in [3.8, 4) is 0 Å². The van der Waals surface area contributed by atoms with Gasteiger partial charge in [0.15, 0.2) is 0 Å². The van der Waals surface area contributed by atoms with Crippen LogP contribution in [0.15, 0.2) is 0 Å². The quantitative estimate of drug-likeness (QED) is 0.473. The number of hydrogen-bond acceptors (Lipinski definition) is 2. The van der Waals surface area contributed by atoms with Gasteiger partial charge in [-0.05, 0) is 104 Å². The molecule has 0 aliphatic heterocycles. The van der Waals surface area contributed by atoms with Crippen molar-refractivity contribution >= 4 is 5.97 Å². The minimum atomic E-state index is -0.0299. The number of carbonyl (C=O) groups is 1. The summed E-state index contributed by atoms with van der Waals surface area (Å²) in [6, 6.07) is 0. The van der Waals surface area contributed by atoms with Gasteiger partial charge in [0.1, 0.15) is 0 Å². The molecular weight excluding hydrogens is 344 g/mol. The number of esters is 1. The molecule has 0 heterocycles. The molecule has 4 aliphatic carbocycles. The van der Waals surface area contributed by atoms with E-state index >= 15 is 0 Å². The lowest BCUT2D eigenvalue weighted by molar-refractivity contribution is -0.141. The van der Waals surface area contributed by atoms with Crippen LogP contribution in [0.5, 0.6) is 0 Å². The molecule has 0 aromatic rings. The molecule has 2 nitrogen and oxygen atoms in total. The molecule has 0 aromatic heterocycles. The van der Waals surface area contributed by atoms with Gasteiger partial charge in [-0.3, -0.25) is 4.79 Å². The Morgan fingerprint density at radius 3 is 2.50 bits per heavy atom. The molecule has 160 valence electrons. The Morgan fingerprint density at radius 1 is 0.964 bits per heavy atom. The fourth-order valence-corrected chi connectivity index (χ4v) is 9.20. The monoisotopic (exact) mass is 388 g/mol. The summed E-state index contributed by atoms with van der Waals surface area (Å²) in [6.07, 6.45) is 17.5. The third-order valence-electron chi connectivity index (χ3n) is 10.6. The van der Waals surface area contributed by atoms with E-state index in [2.05, 4.69) is 20.8 Å². The Kier molecular flexibility index (Phi) is 5.89. The third kappa shape index (κ3) is 3.25. The first-order chi connectivity index (χ1) is 13.4. The summed E-state index contributed by atoms with van der Waals surface area (Å²) in [5.74, 6) is 5.71. The predicted molar refractivity (Wildman–Crippen MR) is 115 cm³/mol. The van der Waals surface area contributed by atoms with Crippen molar-refractivity contribution in [3.05, 3.63) is 0 Å². The van der Waals surface area contributed by atoms with Crippen LogP contribution in [-0.4, -0.2) is 13.1 Å². The summed E-state index contributed by atoms with van der Waals surface area (Å²) in [5, 5.41) is 0. The first-order valence-electron chi connectivity index (χ1n) is 12.5. The van der Waals surface area contributed by atoms with Gasteiger partial charge in [-0.25, -0.2) is 0 Å². The van der Waals surface area contributed by atoms with E-state index in [9.17, 15) is 4.79 Å². The molecule has 4 saturated carbocycles. The van der Waals surface area contributed by atoms with Gasteiger partial charge < -0.3 is 4.74 Å². The van der Waals surface area contributed by atoms with Gasteiger partial charge in [-0.15, -0.1) is 0 Å². The second-order valence-corrected chi connectivity index (χ2v) is 11.4. The van der Waals surface area contributed by atoms with Crippen LogP contribution < -0.4 is 0 Å². The number of hydrogen-bond donors (Lipinski definition) is 0. The highest BCUT2D eigenvalue weighted by atomic mass is 16.5. The molecule has 0 N–H and O–H groups in total. The Balaban J connectivity index is 1.50. The minimum Gasteiger partial charge on any atom is -0.469 e. The fraction of sp³-hybridized carbons (Fsp3) is 0.962. The molecule has 0 aromatic carbocycles. The lowest BCUT2D eigenvalue weighted by Crippen LogP contribution is -2.55. The lowest BCUT2D eigenvalue weighted by Gasteiger charge is -2.62. The van der Waals surface area contributed by atoms with E-state index in [0.29, 0.717) is 17.3 Å². The van der Waals surface area contributed by atoms with E-state index in [1.165, 1.54) is 77.7 Å². The van der Waals surface area contributed by atoms with Gasteiger partial charge in [-0.1, -0.05) is 40.0 Å². The van der Waals surface area contributed by atoms with Crippen LogP contribution in [0, 0.1) is 46.3 Å². The zero-order valence-corrected chi connectivity index (χ0v) is 19.0. The molecular formula is C26H44O2. The first kappa shape index (κ1) is 20.7. The zero-order chi connectivity index (χ0) is 19.9. The molecule has 0 bridgehead atoms. The van der Waals surface area contributed by atoms with Crippen LogP contribution in [0.1, 0.15) is 104 Å². The minimum absolute atomic E-state index is 0.0299. The number of methoxy groups -OCH3 is 1. The topological polar surface area (TPSA) is 26.3 Å². The van der Waals surface area contributed by atoms with Crippen LogP contribution in [0.4, 0.5) is 0 Å². The summed E-state index contributed by atoms with van der Waals surface area (Å²) in [7, 11) is 1.52. The fourth-order valence-electron chi connectivity index (χ4n) is 9.20. The second-order valence-electron chi connectivity index (χ2n) is 11.4. The van der Waals surface area contributed by atoms with Crippen molar-refractivity contribution < 1.29 is 9.53 Å². The van der Waals surface area contributed by atoms with E-state index in [1.54, 1.807) is 0 Å². The summed E-state index contributed by atoms with van der Waals surface area (Å²) in [5.41, 5.74) is 1.17. The highest BCUT2D eigenvalue weighted by Gasteiger charge is 2.60. The van der Waals surface area contributed by atoms with Gasteiger partial charge in [0.2, 0.25) is 0 Å². The smallest absolute Gasteiger partial charge is 0.305 e. The maximum absolute atomic E-state index is 11.6. The van der Waals surface area contributed by atoms with E-state index in [-0.39, 0.29) is 5.97 Å². The van der Waals surface area contributed by atoms with Gasteiger partial charge in [0.05, 0.1) is 7.11 Å². The van der Waals surface area contributed by atoms with E-state index in [0.717, 1.165) is 41.9 Å². The Morgan fingerprint density at radius 2 is 1.75 bits per heavy atom. The van der Waals surface area contributed by atoms with Crippen molar-refractivity contribution in [2.45, 2.75) is 104 Å². The normalized spacial score (nSPS) is 47.7. The van der Waals surface area contributed by atoms with Crippen LogP contribution in [0.25, 0.3) is 0 Å². The number of fused-ring (bicyclic) bond motifs is 5. The van der Waals surface area contributed by atoms with Gasteiger partial charge in [0.25, 0.3) is 0 Å². The molecule has 4 aliphatic rings. The van der Waals surface area contributed by atoms with Gasteiger partial charge in [-0.2, -0.15) is 0 Å². The highest BCUT2D eigenvalue weighted by Crippen LogP contribution is 2.69. The first-order valence-corrected chi connectivity index (χ1v) is 12.5. The highest BCUT2D eigenvalue weighted by molar-refractivity contribution is 5.68. The lowest BCUT2D eigenvalue weighted by atomic mass is 9.42. The molecule has 0 radical (unpaired) electrons. The summed E-state index contributed by atoms with van der Waals surface area (Å²) in [6.45, 7) is 7.81. The van der Waals surface area contributed by atoms with Crippen molar-refractivity contribution in [1.29, 1.82) is 0 Å². The van der Waals surface area contributed by atoms with Crippen LogP contribution >= 0.6 is 0 Å². The largest absolute Gasteiger partial charge is 0.469 e. The summed E-state index contributed by atoms with van der Waals surface area (Å²) in [4.78, 5) is 11.6. The van der Waals surface area contributed by atoms with Crippen molar-refractivity contribution in [3.63, 3.8) is 0 Å². The SMILES string of the molecule is CC[C@H]1CC2C3CCC(CCCC(=O)OC)C3(C)CC[C@@H]2C2(C)CCCCC12. The molecule has 2 heteroatoms. The number of rotatable bonds is 5. The number of carbonyl (C=O) groups excluding carboxylic acids is 1. The molecule has 4 fully saturated rings. The molecule has 6 unspecified atom stereocenters. The predicted octanol–water partition coefficient (Wildman–Crippen LogP) is 7.01. The third-order valence-corrected chi connectivity index (χ3v) is 10.6. The van der Waals surface area contributed by atoms with Gasteiger partial charge in [0, 0.05) is 6.42 Å².